The lowest BCUT2D eigenvalue weighted by atomic mass is 10.2. The fourth-order valence-corrected chi connectivity index (χ4v) is 3.46. The zero-order valence-electron chi connectivity index (χ0n) is 16.8. The molecule has 0 aromatic carbocycles. The molecule has 0 radical (unpaired) electrons. The maximum absolute atomic E-state index is 5.91. The highest BCUT2D eigenvalue weighted by molar-refractivity contribution is 5.79. The first-order valence-corrected chi connectivity index (χ1v) is 10.2. The van der Waals surface area contributed by atoms with Gasteiger partial charge < -0.3 is 15.4 Å². The number of guanidine groups is 1. The number of nitrogens with zero attached hydrogens (tertiary/aromatic N) is 3. The van der Waals surface area contributed by atoms with Gasteiger partial charge in [-0.1, -0.05) is 20.8 Å². The molecule has 0 aromatic heterocycles. The number of ether oxygens (including phenoxy) is 1. The molecule has 1 aliphatic heterocycles. The summed E-state index contributed by atoms with van der Waals surface area (Å²) in [7, 11) is 0. The second-order valence-electron chi connectivity index (χ2n) is 7.65. The molecule has 25 heavy (non-hydrogen) atoms. The van der Waals surface area contributed by atoms with Gasteiger partial charge in [0.2, 0.25) is 0 Å². The zero-order chi connectivity index (χ0) is 18.1. The maximum Gasteiger partial charge on any atom is 0.191 e. The summed E-state index contributed by atoms with van der Waals surface area (Å²) in [5.74, 6) is 1.62. The fourth-order valence-electron chi connectivity index (χ4n) is 3.46. The minimum absolute atomic E-state index is 0.210. The van der Waals surface area contributed by atoms with Gasteiger partial charge in [0, 0.05) is 45.3 Å². The average Bonchev–Trinajstić information content (AvgIpc) is 3.41. The molecule has 146 valence electrons. The Morgan fingerprint density at radius 1 is 1.28 bits per heavy atom. The Balaban J connectivity index is 1.73. The van der Waals surface area contributed by atoms with E-state index < -0.39 is 0 Å². The van der Waals surface area contributed by atoms with Crippen molar-refractivity contribution in [3.8, 4) is 0 Å². The summed E-state index contributed by atoms with van der Waals surface area (Å²) in [4.78, 5) is 9.82. The fraction of sp³-hybridized carbons (Fsp3) is 0.947. The Kier molecular flexibility index (Phi) is 8.99. The molecule has 1 atom stereocenters. The van der Waals surface area contributed by atoms with E-state index in [1.807, 2.05) is 0 Å². The van der Waals surface area contributed by atoms with Crippen LogP contribution in [-0.4, -0.2) is 86.9 Å². The standard InChI is InChI=1S/C19H39N5O/c1-5-20-19(21-9-10-24(6-2)17-7-8-17)22-13-18-15-23(11-12-25-18)14-16(3)4/h16-18H,5-15H2,1-4H3,(H2,20,21,22). The second kappa shape index (κ2) is 11.0. The van der Waals surface area contributed by atoms with E-state index in [0.717, 1.165) is 71.0 Å². The Labute approximate surface area is 154 Å². The lowest BCUT2D eigenvalue weighted by Crippen LogP contribution is -2.46. The van der Waals surface area contributed by atoms with E-state index in [1.165, 1.54) is 12.8 Å². The number of hydrogen-bond acceptors (Lipinski definition) is 4. The molecule has 0 spiro atoms. The van der Waals surface area contributed by atoms with Gasteiger partial charge in [-0.05, 0) is 32.2 Å². The predicted octanol–water partition coefficient (Wildman–Crippen LogP) is 1.38. The third-order valence-electron chi connectivity index (χ3n) is 4.80. The van der Waals surface area contributed by atoms with E-state index in [0.29, 0.717) is 5.92 Å². The van der Waals surface area contributed by atoms with Gasteiger partial charge in [-0.3, -0.25) is 14.8 Å². The van der Waals surface area contributed by atoms with Gasteiger partial charge >= 0.3 is 0 Å². The molecule has 6 nitrogen and oxygen atoms in total. The molecular formula is C19H39N5O. The first-order valence-electron chi connectivity index (χ1n) is 10.2. The van der Waals surface area contributed by atoms with E-state index in [1.54, 1.807) is 0 Å². The summed E-state index contributed by atoms with van der Waals surface area (Å²) in [6.45, 7) is 17.7. The highest BCUT2D eigenvalue weighted by atomic mass is 16.5. The molecule has 1 aliphatic carbocycles. The highest BCUT2D eigenvalue weighted by Crippen LogP contribution is 2.25. The smallest absolute Gasteiger partial charge is 0.191 e. The molecule has 6 heteroatoms. The zero-order valence-corrected chi connectivity index (χ0v) is 16.8. The lowest BCUT2D eigenvalue weighted by molar-refractivity contribution is -0.0261. The topological polar surface area (TPSA) is 52.1 Å². The number of hydrogen-bond donors (Lipinski definition) is 2. The number of rotatable bonds is 10. The molecule has 1 saturated heterocycles. The van der Waals surface area contributed by atoms with Gasteiger partial charge in [-0.15, -0.1) is 0 Å². The molecule has 0 amide bonds. The first-order chi connectivity index (χ1) is 12.1. The van der Waals surface area contributed by atoms with Crippen LogP contribution in [0.2, 0.25) is 0 Å². The Morgan fingerprint density at radius 2 is 2.08 bits per heavy atom. The van der Waals surface area contributed by atoms with Crippen LogP contribution in [0.5, 0.6) is 0 Å². The van der Waals surface area contributed by atoms with Crippen molar-refractivity contribution in [2.24, 2.45) is 10.9 Å². The van der Waals surface area contributed by atoms with E-state index in [2.05, 4.69) is 48.1 Å². The van der Waals surface area contributed by atoms with E-state index >= 15 is 0 Å². The van der Waals surface area contributed by atoms with Crippen LogP contribution in [0.15, 0.2) is 4.99 Å². The third kappa shape index (κ3) is 7.92. The summed E-state index contributed by atoms with van der Waals surface area (Å²) in [6.07, 6.45) is 2.95. The molecule has 2 aliphatic rings. The third-order valence-corrected chi connectivity index (χ3v) is 4.80. The number of aliphatic imine (C=N–C) groups is 1. The van der Waals surface area contributed by atoms with Crippen LogP contribution < -0.4 is 10.6 Å². The molecule has 0 bridgehead atoms. The van der Waals surface area contributed by atoms with E-state index in [4.69, 9.17) is 9.73 Å². The van der Waals surface area contributed by atoms with Crippen LogP contribution >= 0.6 is 0 Å². The Morgan fingerprint density at radius 3 is 2.72 bits per heavy atom. The van der Waals surface area contributed by atoms with Crippen molar-refractivity contribution in [1.29, 1.82) is 0 Å². The predicted molar refractivity (Wildman–Crippen MR) is 105 cm³/mol. The number of morpholine rings is 1. The van der Waals surface area contributed by atoms with Crippen LogP contribution in [0.4, 0.5) is 0 Å². The SMILES string of the molecule is CCNC(=NCC1CN(CC(C)C)CCO1)NCCN(CC)C1CC1. The summed E-state index contributed by atoms with van der Waals surface area (Å²) in [5, 5.41) is 6.83. The van der Waals surface area contributed by atoms with Crippen molar-refractivity contribution < 1.29 is 4.74 Å². The molecule has 2 N–H and O–H groups in total. The van der Waals surface area contributed by atoms with E-state index in [-0.39, 0.29) is 6.10 Å². The summed E-state index contributed by atoms with van der Waals surface area (Å²) < 4.78 is 5.91. The van der Waals surface area contributed by atoms with Crippen LogP contribution in [-0.2, 0) is 4.74 Å². The van der Waals surface area contributed by atoms with Gasteiger partial charge in [0.25, 0.3) is 0 Å². The summed E-state index contributed by atoms with van der Waals surface area (Å²) in [6, 6.07) is 0.828. The van der Waals surface area contributed by atoms with Crippen LogP contribution in [0.3, 0.4) is 0 Å². The van der Waals surface area contributed by atoms with Crippen molar-refractivity contribution >= 4 is 5.96 Å². The molecule has 1 unspecified atom stereocenters. The lowest BCUT2D eigenvalue weighted by Gasteiger charge is -2.33. The van der Waals surface area contributed by atoms with Gasteiger partial charge in [0.05, 0.1) is 19.3 Å². The van der Waals surface area contributed by atoms with Crippen LogP contribution in [0, 0.1) is 5.92 Å². The molecule has 1 saturated carbocycles. The van der Waals surface area contributed by atoms with Crippen molar-refractivity contribution in [2.45, 2.75) is 52.7 Å². The van der Waals surface area contributed by atoms with Gasteiger partial charge in [-0.25, -0.2) is 0 Å². The van der Waals surface area contributed by atoms with Gasteiger partial charge in [0.1, 0.15) is 0 Å². The highest BCUT2D eigenvalue weighted by Gasteiger charge is 2.27. The second-order valence-corrected chi connectivity index (χ2v) is 7.65. The molecule has 1 heterocycles. The van der Waals surface area contributed by atoms with Gasteiger partial charge in [0.15, 0.2) is 5.96 Å². The maximum atomic E-state index is 5.91. The van der Waals surface area contributed by atoms with Crippen molar-refractivity contribution in [3.63, 3.8) is 0 Å². The molecule has 2 fully saturated rings. The van der Waals surface area contributed by atoms with E-state index in [9.17, 15) is 0 Å². The van der Waals surface area contributed by atoms with Crippen LogP contribution in [0.25, 0.3) is 0 Å². The normalized spacial score (nSPS) is 22.6. The van der Waals surface area contributed by atoms with Crippen LogP contribution in [0.1, 0.15) is 40.5 Å². The summed E-state index contributed by atoms with van der Waals surface area (Å²) in [5.41, 5.74) is 0. The van der Waals surface area contributed by atoms with Gasteiger partial charge in [-0.2, -0.15) is 0 Å². The first kappa shape index (κ1) is 20.5. The Hall–Kier alpha value is -0.850. The van der Waals surface area contributed by atoms with Crippen molar-refractivity contribution in [1.82, 2.24) is 20.4 Å². The number of likely N-dealkylation sites (N-methyl/N-ethyl adjacent to an activating group) is 1. The minimum atomic E-state index is 0.210. The summed E-state index contributed by atoms with van der Waals surface area (Å²) >= 11 is 0. The van der Waals surface area contributed by atoms with Crippen molar-refractivity contribution in [3.05, 3.63) is 0 Å². The van der Waals surface area contributed by atoms with Crippen molar-refractivity contribution in [2.75, 3.05) is 59.0 Å². The molecule has 2 rings (SSSR count). The average molecular weight is 354 g/mol. The molecule has 0 aromatic rings. The minimum Gasteiger partial charge on any atom is -0.374 e. The largest absolute Gasteiger partial charge is 0.374 e. The number of nitrogens with one attached hydrogen (secondary N) is 2. The quantitative estimate of drug-likeness (QED) is 0.459. The molecular weight excluding hydrogens is 314 g/mol. The Bertz CT molecular complexity index is 397. The monoisotopic (exact) mass is 353 g/mol.